The number of carbonyl (C=O) groups is 1. The Labute approximate surface area is 153 Å². The highest BCUT2D eigenvalue weighted by molar-refractivity contribution is 7.20. The largest absolute Gasteiger partial charge is 0.306 e. The number of thiophene rings is 1. The fraction of sp³-hybridized carbons (Fsp3) is 0.176. The number of para-hydroxylation sites is 1. The number of nitrogens with one attached hydrogen (secondary N) is 1. The minimum atomic E-state index is -0.269. The highest BCUT2D eigenvalue weighted by atomic mass is 35.5. The molecule has 0 fully saturated rings. The number of fused-ring (bicyclic) bond motifs is 1. The second kappa shape index (κ2) is 6.24. The molecule has 1 amide bonds. The van der Waals surface area contributed by atoms with Gasteiger partial charge in [0.2, 0.25) is 0 Å². The van der Waals surface area contributed by atoms with Crippen LogP contribution < -0.4 is 5.32 Å². The van der Waals surface area contributed by atoms with Crippen molar-refractivity contribution in [2.45, 2.75) is 19.3 Å². The van der Waals surface area contributed by atoms with Crippen molar-refractivity contribution in [2.24, 2.45) is 0 Å². The zero-order chi connectivity index (χ0) is 16.7. The van der Waals surface area contributed by atoms with Gasteiger partial charge in [-0.05, 0) is 37.5 Å². The molecule has 0 spiro atoms. The molecule has 122 valence electrons. The van der Waals surface area contributed by atoms with E-state index in [4.69, 9.17) is 23.2 Å². The summed E-state index contributed by atoms with van der Waals surface area (Å²) in [5.74, 6) is 0.451. The van der Waals surface area contributed by atoms with Crippen LogP contribution in [0.5, 0.6) is 0 Å². The van der Waals surface area contributed by atoms with E-state index in [1.165, 1.54) is 11.3 Å². The Morgan fingerprint density at radius 2 is 2.00 bits per heavy atom. The first-order chi connectivity index (χ1) is 11.6. The second-order valence-corrected chi connectivity index (χ2v) is 7.85. The summed E-state index contributed by atoms with van der Waals surface area (Å²) in [7, 11) is 0. The quantitative estimate of drug-likeness (QED) is 0.699. The number of carbonyl (C=O) groups excluding carboxylic acids is 1. The SMILES string of the molecule is O=C(Nc1c2c(nn1-c1ccccc1)CCC2)c1cc(Cl)sc1Cl. The lowest BCUT2D eigenvalue weighted by atomic mass is 10.2. The molecule has 1 aliphatic rings. The van der Waals surface area contributed by atoms with Gasteiger partial charge in [0.1, 0.15) is 10.2 Å². The number of aromatic nitrogens is 2. The van der Waals surface area contributed by atoms with Crippen LogP contribution in [0.2, 0.25) is 8.67 Å². The Hall–Kier alpha value is -1.82. The van der Waals surface area contributed by atoms with E-state index in [2.05, 4.69) is 10.4 Å². The molecule has 0 saturated carbocycles. The molecule has 0 atom stereocenters. The first kappa shape index (κ1) is 15.7. The van der Waals surface area contributed by atoms with Gasteiger partial charge in [0, 0.05) is 5.56 Å². The van der Waals surface area contributed by atoms with E-state index in [0.717, 1.165) is 42.0 Å². The number of anilines is 1. The zero-order valence-electron chi connectivity index (χ0n) is 12.6. The Morgan fingerprint density at radius 3 is 2.71 bits per heavy atom. The molecule has 4 nitrogen and oxygen atoms in total. The van der Waals surface area contributed by atoms with Crippen molar-refractivity contribution in [1.29, 1.82) is 0 Å². The molecule has 3 aromatic rings. The molecule has 7 heteroatoms. The van der Waals surface area contributed by atoms with Crippen molar-refractivity contribution in [3.05, 3.63) is 61.9 Å². The number of hydrogen-bond acceptors (Lipinski definition) is 3. The van der Waals surface area contributed by atoms with Crippen LogP contribution in [0.4, 0.5) is 5.82 Å². The molecule has 0 unspecified atom stereocenters. The molecular weight excluding hydrogens is 365 g/mol. The van der Waals surface area contributed by atoms with E-state index in [9.17, 15) is 4.79 Å². The van der Waals surface area contributed by atoms with Gasteiger partial charge in [-0.15, -0.1) is 11.3 Å². The maximum Gasteiger partial charge on any atom is 0.259 e. The first-order valence-electron chi connectivity index (χ1n) is 7.56. The van der Waals surface area contributed by atoms with Crippen LogP contribution in [-0.2, 0) is 12.8 Å². The van der Waals surface area contributed by atoms with E-state index < -0.39 is 0 Å². The van der Waals surface area contributed by atoms with Crippen LogP contribution in [-0.4, -0.2) is 15.7 Å². The molecule has 0 bridgehead atoms. The summed E-state index contributed by atoms with van der Waals surface area (Å²) in [6.07, 6.45) is 2.90. The van der Waals surface area contributed by atoms with E-state index in [0.29, 0.717) is 14.2 Å². The van der Waals surface area contributed by atoms with Gasteiger partial charge < -0.3 is 5.32 Å². The van der Waals surface area contributed by atoms with E-state index in [1.807, 2.05) is 30.3 Å². The molecule has 0 radical (unpaired) electrons. The monoisotopic (exact) mass is 377 g/mol. The standard InChI is InChI=1S/C17H13Cl2N3OS/c18-14-9-12(15(19)24-14)17(23)20-16-11-7-4-8-13(11)21-22(16)10-5-2-1-3-6-10/h1-3,5-6,9H,4,7-8H2,(H,20,23). The first-order valence-corrected chi connectivity index (χ1v) is 9.13. The molecule has 24 heavy (non-hydrogen) atoms. The number of amides is 1. The molecule has 1 N–H and O–H groups in total. The predicted octanol–water partition coefficient (Wildman–Crippen LogP) is 4.98. The predicted molar refractivity (Wildman–Crippen MR) is 97.9 cm³/mol. The average molecular weight is 378 g/mol. The Morgan fingerprint density at radius 1 is 1.21 bits per heavy atom. The van der Waals surface area contributed by atoms with Crippen LogP contribution >= 0.6 is 34.5 Å². The fourth-order valence-electron chi connectivity index (χ4n) is 2.95. The summed E-state index contributed by atoms with van der Waals surface area (Å²) in [5, 5.41) is 7.67. The summed E-state index contributed by atoms with van der Waals surface area (Å²) in [4.78, 5) is 12.6. The molecule has 1 aromatic carbocycles. The van der Waals surface area contributed by atoms with Crippen LogP contribution in [0.1, 0.15) is 28.0 Å². The number of halogens is 2. The van der Waals surface area contributed by atoms with E-state index in [1.54, 1.807) is 10.7 Å². The van der Waals surface area contributed by atoms with Crippen molar-refractivity contribution in [2.75, 3.05) is 5.32 Å². The lowest BCUT2D eigenvalue weighted by Crippen LogP contribution is -2.16. The fourth-order valence-corrected chi connectivity index (χ4v) is 4.40. The Bertz CT molecular complexity index is 918. The average Bonchev–Trinajstić information content (AvgIpc) is 3.24. The molecule has 2 aromatic heterocycles. The van der Waals surface area contributed by atoms with Crippen molar-refractivity contribution in [3.8, 4) is 5.69 Å². The topological polar surface area (TPSA) is 46.9 Å². The number of benzene rings is 1. The van der Waals surface area contributed by atoms with Crippen LogP contribution in [0.25, 0.3) is 5.69 Å². The second-order valence-electron chi connectivity index (χ2n) is 5.57. The zero-order valence-corrected chi connectivity index (χ0v) is 14.9. The van der Waals surface area contributed by atoms with Crippen molar-refractivity contribution < 1.29 is 4.79 Å². The van der Waals surface area contributed by atoms with Crippen LogP contribution in [0.15, 0.2) is 36.4 Å². The third kappa shape index (κ3) is 2.73. The molecule has 0 saturated heterocycles. The van der Waals surface area contributed by atoms with Gasteiger partial charge in [0.25, 0.3) is 5.91 Å². The van der Waals surface area contributed by atoms with E-state index >= 15 is 0 Å². The summed E-state index contributed by atoms with van der Waals surface area (Å²) >= 11 is 13.2. The Kier molecular flexibility index (Phi) is 4.08. The van der Waals surface area contributed by atoms with Crippen LogP contribution in [0, 0.1) is 0 Å². The van der Waals surface area contributed by atoms with Gasteiger partial charge in [-0.2, -0.15) is 5.10 Å². The summed E-state index contributed by atoms with van der Waals surface area (Å²) in [6.45, 7) is 0. The molecule has 4 rings (SSSR count). The Balaban J connectivity index is 1.75. The highest BCUT2D eigenvalue weighted by Gasteiger charge is 2.25. The summed E-state index contributed by atoms with van der Waals surface area (Å²) < 4.78 is 2.68. The minimum absolute atomic E-state index is 0.269. The van der Waals surface area contributed by atoms with E-state index in [-0.39, 0.29) is 5.91 Å². The molecular formula is C17H13Cl2N3OS. The minimum Gasteiger partial charge on any atom is -0.306 e. The van der Waals surface area contributed by atoms with Gasteiger partial charge in [-0.3, -0.25) is 4.79 Å². The smallest absolute Gasteiger partial charge is 0.259 e. The molecule has 0 aliphatic heterocycles. The summed E-state index contributed by atoms with van der Waals surface area (Å²) in [6, 6.07) is 11.4. The summed E-state index contributed by atoms with van der Waals surface area (Å²) in [5.41, 5.74) is 3.45. The van der Waals surface area contributed by atoms with Crippen molar-refractivity contribution >= 4 is 46.3 Å². The molecule has 2 heterocycles. The van der Waals surface area contributed by atoms with Gasteiger partial charge in [0.05, 0.1) is 21.3 Å². The van der Waals surface area contributed by atoms with Gasteiger partial charge in [-0.25, -0.2) is 4.68 Å². The lowest BCUT2D eigenvalue weighted by Gasteiger charge is -2.10. The number of rotatable bonds is 3. The normalized spacial score (nSPS) is 13.1. The maximum absolute atomic E-state index is 12.6. The van der Waals surface area contributed by atoms with Gasteiger partial charge in [-0.1, -0.05) is 41.4 Å². The van der Waals surface area contributed by atoms with Crippen molar-refractivity contribution in [1.82, 2.24) is 9.78 Å². The van der Waals surface area contributed by atoms with Gasteiger partial charge >= 0.3 is 0 Å². The third-order valence-electron chi connectivity index (χ3n) is 4.04. The number of aryl methyl sites for hydroxylation is 1. The third-order valence-corrected chi connectivity index (χ3v) is 5.53. The highest BCUT2D eigenvalue weighted by Crippen LogP contribution is 2.34. The number of nitrogens with zero attached hydrogens (tertiary/aromatic N) is 2. The number of hydrogen-bond donors (Lipinski definition) is 1. The molecule has 1 aliphatic carbocycles. The van der Waals surface area contributed by atoms with Gasteiger partial charge in [0.15, 0.2) is 0 Å². The van der Waals surface area contributed by atoms with Crippen LogP contribution in [0.3, 0.4) is 0 Å². The lowest BCUT2D eigenvalue weighted by molar-refractivity contribution is 0.102. The van der Waals surface area contributed by atoms with Crippen molar-refractivity contribution in [3.63, 3.8) is 0 Å². The maximum atomic E-state index is 12.6.